The highest BCUT2D eigenvalue weighted by Gasteiger charge is 2.15. The van der Waals surface area contributed by atoms with Crippen LogP contribution in [0.1, 0.15) is 28.9 Å². The molecule has 2 aromatic carbocycles. The van der Waals surface area contributed by atoms with E-state index in [4.69, 9.17) is 0 Å². The van der Waals surface area contributed by atoms with Gasteiger partial charge < -0.3 is 4.90 Å². The molecule has 0 aliphatic heterocycles. The summed E-state index contributed by atoms with van der Waals surface area (Å²) in [5.41, 5.74) is 2.03. The van der Waals surface area contributed by atoms with Gasteiger partial charge in [0.15, 0.2) is 0 Å². The third-order valence-electron chi connectivity index (χ3n) is 4.19. The summed E-state index contributed by atoms with van der Waals surface area (Å²) in [7, 11) is 3.43. The maximum absolute atomic E-state index is 12.8. The maximum atomic E-state index is 12.8. The molecule has 0 bridgehead atoms. The van der Waals surface area contributed by atoms with Crippen LogP contribution >= 0.6 is 15.9 Å². The topological polar surface area (TPSA) is 55.2 Å². The van der Waals surface area contributed by atoms with Gasteiger partial charge >= 0.3 is 0 Å². The Balaban J connectivity index is 2.05. The standard InChI is InChI=1S/C19H18BrN3O2/c1-12(13-5-4-6-14(9-13)18(24)22(2)3)23-11-21-17-10-15(20)7-8-16(17)19(23)25/h4-12H,1-3H3/t12-/m1/s1. The van der Waals surface area contributed by atoms with Gasteiger partial charge in [0.2, 0.25) is 0 Å². The average molecular weight is 400 g/mol. The van der Waals surface area contributed by atoms with E-state index in [9.17, 15) is 9.59 Å². The van der Waals surface area contributed by atoms with Crippen molar-refractivity contribution in [3.63, 3.8) is 0 Å². The zero-order valence-electron chi connectivity index (χ0n) is 14.2. The number of hydrogen-bond donors (Lipinski definition) is 0. The highest BCUT2D eigenvalue weighted by molar-refractivity contribution is 9.10. The molecular formula is C19H18BrN3O2. The van der Waals surface area contributed by atoms with Gasteiger partial charge in [0.05, 0.1) is 23.3 Å². The van der Waals surface area contributed by atoms with Crippen molar-refractivity contribution in [1.29, 1.82) is 0 Å². The largest absolute Gasteiger partial charge is 0.345 e. The molecule has 1 amide bonds. The molecule has 1 aromatic heterocycles. The Labute approximate surface area is 154 Å². The lowest BCUT2D eigenvalue weighted by molar-refractivity contribution is 0.0827. The second-order valence-electron chi connectivity index (χ2n) is 6.12. The summed E-state index contributed by atoms with van der Waals surface area (Å²) in [6.07, 6.45) is 1.56. The van der Waals surface area contributed by atoms with Gasteiger partial charge in [0.1, 0.15) is 0 Å². The van der Waals surface area contributed by atoms with E-state index in [-0.39, 0.29) is 17.5 Å². The molecule has 0 aliphatic rings. The monoisotopic (exact) mass is 399 g/mol. The Morgan fingerprint density at radius 1 is 1.20 bits per heavy atom. The van der Waals surface area contributed by atoms with E-state index >= 15 is 0 Å². The smallest absolute Gasteiger partial charge is 0.261 e. The number of rotatable bonds is 3. The van der Waals surface area contributed by atoms with Crippen LogP contribution in [0.2, 0.25) is 0 Å². The summed E-state index contributed by atoms with van der Waals surface area (Å²) in [6.45, 7) is 1.92. The minimum Gasteiger partial charge on any atom is -0.345 e. The molecule has 25 heavy (non-hydrogen) atoms. The summed E-state index contributed by atoms with van der Waals surface area (Å²) < 4.78 is 2.47. The fourth-order valence-electron chi connectivity index (χ4n) is 2.73. The second-order valence-corrected chi connectivity index (χ2v) is 7.04. The normalized spacial score (nSPS) is 12.2. The third-order valence-corrected chi connectivity index (χ3v) is 4.68. The molecule has 6 heteroatoms. The number of nitrogens with zero attached hydrogens (tertiary/aromatic N) is 3. The molecule has 0 fully saturated rings. The van der Waals surface area contributed by atoms with Crippen LogP contribution in [0.25, 0.3) is 10.9 Å². The molecule has 0 N–H and O–H groups in total. The van der Waals surface area contributed by atoms with Crippen LogP contribution in [0, 0.1) is 0 Å². The van der Waals surface area contributed by atoms with Crippen molar-refractivity contribution < 1.29 is 4.79 Å². The van der Waals surface area contributed by atoms with Crippen LogP contribution < -0.4 is 5.56 Å². The minimum atomic E-state index is -0.233. The Hall–Kier alpha value is -2.47. The lowest BCUT2D eigenvalue weighted by Gasteiger charge is -2.17. The number of amides is 1. The first kappa shape index (κ1) is 17.4. The fourth-order valence-corrected chi connectivity index (χ4v) is 3.08. The molecule has 1 heterocycles. The lowest BCUT2D eigenvalue weighted by Crippen LogP contribution is -2.25. The molecule has 3 aromatic rings. The van der Waals surface area contributed by atoms with Gasteiger partial charge in [-0.2, -0.15) is 0 Å². The summed E-state index contributed by atoms with van der Waals surface area (Å²) in [5, 5.41) is 0.568. The molecule has 0 saturated heterocycles. The number of hydrogen-bond acceptors (Lipinski definition) is 3. The molecule has 0 unspecified atom stereocenters. The molecule has 0 aliphatic carbocycles. The van der Waals surface area contributed by atoms with Gasteiger partial charge in [-0.3, -0.25) is 14.2 Å². The highest BCUT2D eigenvalue weighted by atomic mass is 79.9. The van der Waals surface area contributed by atoms with Crippen LogP contribution in [-0.2, 0) is 0 Å². The Bertz CT molecular complexity index is 1010. The summed E-state index contributed by atoms with van der Waals surface area (Å²) in [4.78, 5) is 30.9. The van der Waals surface area contributed by atoms with E-state index in [2.05, 4.69) is 20.9 Å². The first-order chi connectivity index (χ1) is 11.9. The van der Waals surface area contributed by atoms with E-state index in [0.29, 0.717) is 16.5 Å². The van der Waals surface area contributed by atoms with Crippen LogP contribution in [0.15, 0.2) is 58.1 Å². The number of halogens is 1. The molecule has 1 atom stereocenters. The first-order valence-electron chi connectivity index (χ1n) is 7.86. The average Bonchev–Trinajstić information content (AvgIpc) is 2.60. The van der Waals surface area contributed by atoms with Crippen molar-refractivity contribution in [3.05, 3.63) is 74.7 Å². The predicted octanol–water partition coefficient (Wildman–Crippen LogP) is 3.47. The van der Waals surface area contributed by atoms with Gasteiger partial charge in [-0.1, -0.05) is 28.1 Å². The molecule has 0 saturated carbocycles. The predicted molar refractivity (Wildman–Crippen MR) is 102 cm³/mol. The maximum Gasteiger partial charge on any atom is 0.261 e. The minimum absolute atomic E-state index is 0.0668. The quantitative estimate of drug-likeness (QED) is 0.677. The van der Waals surface area contributed by atoms with Crippen LogP contribution in [0.4, 0.5) is 0 Å². The Morgan fingerprint density at radius 2 is 1.96 bits per heavy atom. The molecule has 128 valence electrons. The molecule has 5 nitrogen and oxygen atoms in total. The SMILES string of the molecule is C[C@H](c1cccc(C(=O)N(C)C)c1)n1cnc2cc(Br)ccc2c1=O. The fraction of sp³-hybridized carbons (Fsp3) is 0.211. The van der Waals surface area contributed by atoms with E-state index in [1.54, 1.807) is 37.1 Å². The van der Waals surface area contributed by atoms with Crippen LogP contribution in [-0.4, -0.2) is 34.5 Å². The van der Waals surface area contributed by atoms with Gasteiger partial charge in [-0.15, -0.1) is 0 Å². The number of aromatic nitrogens is 2. The summed E-state index contributed by atoms with van der Waals surface area (Å²) in [5.74, 6) is -0.0668. The molecule has 0 spiro atoms. The van der Waals surface area contributed by atoms with Crippen molar-refractivity contribution in [3.8, 4) is 0 Å². The van der Waals surface area contributed by atoms with Crippen LogP contribution in [0.5, 0.6) is 0 Å². The van der Waals surface area contributed by atoms with E-state index in [1.807, 2.05) is 37.3 Å². The Kier molecular flexibility index (Phi) is 4.72. The number of fused-ring (bicyclic) bond motifs is 1. The number of carbonyl (C=O) groups excluding carboxylic acids is 1. The van der Waals surface area contributed by atoms with Crippen molar-refractivity contribution in [2.45, 2.75) is 13.0 Å². The van der Waals surface area contributed by atoms with E-state index in [0.717, 1.165) is 10.0 Å². The third kappa shape index (κ3) is 3.35. The van der Waals surface area contributed by atoms with Crippen molar-refractivity contribution >= 4 is 32.7 Å². The summed E-state index contributed by atoms with van der Waals surface area (Å²) >= 11 is 3.39. The lowest BCUT2D eigenvalue weighted by atomic mass is 10.0. The van der Waals surface area contributed by atoms with Crippen molar-refractivity contribution in [2.24, 2.45) is 0 Å². The van der Waals surface area contributed by atoms with Gasteiger partial charge in [0.25, 0.3) is 11.5 Å². The van der Waals surface area contributed by atoms with Gasteiger partial charge in [-0.25, -0.2) is 4.98 Å². The van der Waals surface area contributed by atoms with E-state index < -0.39 is 0 Å². The number of carbonyl (C=O) groups is 1. The molecule has 3 rings (SSSR count). The first-order valence-corrected chi connectivity index (χ1v) is 8.66. The van der Waals surface area contributed by atoms with Crippen molar-refractivity contribution in [2.75, 3.05) is 14.1 Å². The van der Waals surface area contributed by atoms with Crippen LogP contribution in [0.3, 0.4) is 0 Å². The zero-order valence-corrected chi connectivity index (χ0v) is 15.8. The number of benzene rings is 2. The molecular weight excluding hydrogens is 382 g/mol. The Morgan fingerprint density at radius 3 is 2.68 bits per heavy atom. The second kappa shape index (κ2) is 6.80. The van der Waals surface area contributed by atoms with Gasteiger partial charge in [0, 0.05) is 24.1 Å². The van der Waals surface area contributed by atoms with Crippen molar-refractivity contribution in [1.82, 2.24) is 14.5 Å². The molecule has 0 radical (unpaired) electrons. The highest BCUT2D eigenvalue weighted by Crippen LogP contribution is 2.20. The zero-order chi connectivity index (χ0) is 18.1. The van der Waals surface area contributed by atoms with Gasteiger partial charge in [-0.05, 0) is 42.8 Å². The van der Waals surface area contributed by atoms with E-state index in [1.165, 1.54) is 4.90 Å². The summed E-state index contributed by atoms with van der Waals surface area (Å²) in [6, 6.07) is 12.5.